The topological polar surface area (TPSA) is 92.4 Å². The number of aliphatic hydroxyl groups excluding tert-OH is 1. The highest BCUT2D eigenvalue weighted by Crippen LogP contribution is 2.26. The number of halogens is 1. The van der Waals surface area contributed by atoms with Crippen molar-refractivity contribution >= 4 is 27.3 Å². The minimum Gasteiger partial charge on any atom is -0.398 e. The Morgan fingerprint density at radius 2 is 2.00 bits per heavy atom. The number of benzene rings is 1. The van der Waals surface area contributed by atoms with Gasteiger partial charge in [-0.15, -0.1) is 0 Å². The van der Waals surface area contributed by atoms with E-state index in [4.69, 9.17) is 22.4 Å². The molecule has 5 nitrogen and oxygen atoms in total. The molecule has 0 heterocycles. The molecule has 0 saturated heterocycles. The summed E-state index contributed by atoms with van der Waals surface area (Å²) in [7, 11) is -3.77. The van der Waals surface area contributed by atoms with E-state index in [1.54, 1.807) is 20.8 Å². The molecule has 0 aromatic heterocycles. The maximum Gasteiger partial charge on any atom is 0.241 e. The number of nitrogens with one attached hydrogen (secondary N) is 1. The minimum atomic E-state index is -3.77. The summed E-state index contributed by atoms with van der Waals surface area (Å²) in [5, 5.41) is 9.37. The largest absolute Gasteiger partial charge is 0.398 e. The molecule has 0 unspecified atom stereocenters. The van der Waals surface area contributed by atoms with Gasteiger partial charge in [-0.2, -0.15) is 0 Å². The molecule has 102 valence electrons. The zero-order valence-electron chi connectivity index (χ0n) is 10.5. The fourth-order valence-electron chi connectivity index (χ4n) is 1.28. The molecule has 0 spiro atoms. The number of aliphatic hydroxyl groups is 1. The predicted octanol–water partition coefficient (Wildman–Crippen LogP) is 1.28. The number of rotatable bonds is 4. The molecule has 0 radical (unpaired) electrons. The molecule has 1 aromatic rings. The van der Waals surface area contributed by atoms with Crippen LogP contribution >= 0.6 is 11.6 Å². The molecule has 18 heavy (non-hydrogen) atoms. The lowest BCUT2D eigenvalue weighted by atomic mass is 10.1. The van der Waals surface area contributed by atoms with E-state index in [9.17, 15) is 8.42 Å². The molecule has 7 heteroatoms. The molecule has 0 saturated carbocycles. The molecule has 1 rings (SSSR count). The van der Waals surface area contributed by atoms with Crippen LogP contribution in [0.1, 0.15) is 19.4 Å². The van der Waals surface area contributed by atoms with Crippen molar-refractivity contribution in [1.29, 1.82) is 0 Å². The third-order valence-electron chi connectivity index (χ3n) is 2.47. The second kappa shape index (κ2) is 5.05. The summed E-state index contributed by atoms with van der Waals surface area (Å²) in [5.41, 5.74) is 5.68. The minimum absolute atomic E-state index is 0.0166. The van der Waals surface area contributed by atoms with Crippen molar-refractivity contribution in [2.45, 2.75) is 31.2 Å². The van der Waals surface area contributed by atoms with Crippen LogP contribution in [0.2, 0.25) is 5.02 Å². The maximum absolute atomic E-state index is 12.1. The van der Waals surface area contributed by atoms with E-state index < -0.39 is 15.6 Å². The van der Waals surface area contributed by atoms with Gasteiger partial charge in [0.15, 0.2) is 0 Å². The van der Waals surface area contributed by atoms with Gasteiger partial charge in [-0.1, -0.05) is 11.6 Å². The maximum atomic E-state index is 12.1. The van der Waals surface area contributed by atoms with Crippen molar-refractivity contribution in [3.63, 3.8) is 0 Å². The van der Waals surface area contributed by atoms with Crippen molar-refractivity contribution in [3.05, 3.63) is 22.7 Å². The van der Waals surface area contributed by atoms with Crippen molar-refractivity contribution in [2.75, 3.05) is 12.3 Å². The van der Waals surface area contributed by atoms with E-state index in [1.165, 1.54) is 12.1 Å². The van der Waals surface area contributed by atoms with Crippen LogP contribution in [0.5, 0.6) is 0 Å². The van der Waals surface area contributed by atoms with E-state index in [0.29, 0.717) is 11.3 Å². The van der Waals surface area contributed by atoms with Crippen LogP contribution in [-0.2, 0) is 10.0 Å². The van der Waals surface area contributed by atoms with Gasteiger partial charge in [0.25, 0.3) is 0 Å². The Balaban J connectivity index is 3.22. The quantitative estimate of drug-likeness (QED) is 0.729. The molecule has 0 aliphatic carbocycles. The van der Waals surface area contributed by atoms with E-state index >= 15 is 0 Å². The van der Waals surface area contributed by atoms with Crippen LogP contribution in [0.3, 0.4) is 0 Å². The van der Waals surface area contributed by atoms with E-state index in [2.05, 4.69) is 4.72 Å². The Labute approximate surface area is 112 Å². The van der Waals surface area contributed by atoms with Crippen LogP contribution in [0.15, 0.2) is 17.0 Å². The zero-order chi connectivity index (χ0) is 14.1. The van der Waals surface area contributed by atoms with Gasteiger partial charge in [-0.25, -0.2) is 13.1 Å². The van der Waals surface area contributed by atoms with Crippen molar-refractivity contribution in [1.82, 2.24) is 4.72 Å². The van der Waals surface area contributed by atoms with Crippen molar-refractivity contribution in [2.24, 2.45) is 0 Å². The molecule has 4 N–H and O–H groups in total. The van der Waals surface area contributed by atoms with Gasteiger partial charge in [0.2, 0.25) is 10.0 Å². The molecule has 1 aromatic carbocycles. The van der Waals surface area contributed by atoms with Gasteiger partial charge in [0, 0.05) is 10.7 Å². The van der Waals surface area contributed by atoms with Gasteiger partial charge < -0.3 is 10.8 Å². The Hall–Kier alpha value is -0.820. The van der Waals surface area contributed by atoms with Gasteiger partial charge in [-0.05, 0) is 38.5 Å². The first-order chi connectivity index (χ1) is 8.09. The highest BCUT2D eigenvalue weighted by Gasteiger charge is 2.26. The zero-order valence-corrected chi connectivity index (χ0v) is 12.1. The molecular formula is C11H17ClN2O3S. The van der Waals surface area contributed by atoms with E-state index in [1.807, 2.05) is 0 Å². The van der Waals surface area contributed by atoms with Crippen LogP contribution in [0.4, 0.5) is 5.69 Å². The number of hydrogen-bond donors (Lipinski definition) is 3. The average molecular weight is 293 g/mol. The lowest BCUT2D eigenvalue weighted by Crippen LogP contribution is -2.46. The van der Waals surface area contributed by atoms with Crippen LogP contribution < -0.4 is 10.5 Å². The van der Waals surface area contributed by atoms with Crippen LogP contribution in [0, 0.1) is 6.92 Å². The Kier molecular flexibility index (Phi) is 4.27. The molecule has 0 atom stereocenters. The summed E-state index contributed by atoms with van der Waals surface area (Å²) in [6.45, 7) is 4.54. The molecule has 0 fully saturated rings. The SMILES string of the molecule is Cc1c(N)cc(S(=O)(=O)NC(C)(C)CO)cc1Cl. The monoisotopic (exact) mass is 292 g/mol. The fourth-order valence-corrected chi connectivity index (χ4v) is 3.04. The van der Waals surface area contributed by atoms with E-state index in [-0.39, 0.29) is 16.5 Å². The van der Waals surface area contributed by atoms with Crippen molar-refractivity contribution in [3.8, 4) is 0 Å². The summed E-state index contributed by atoms with van der Waals surface area (Å²) < 4.78 is 26.6. The number of anilines is 1. The number of nitrogens with two attached hydrogens (primary N) is 1. The average Bonchev–Trinajstić information content (AvgIpc) is 2.23. The molecule has 0 amide bonds. The Morgan fingerprint density at radius 1 is 1.44 bits per heavy atom. The first-order valence-corrected chi connectivity index (χ1v) is 7.15. The molecular weight excluding hydrogens is 276 g/mol. The summed E-state index contributed by atoms with van der Waals surface area (Å²) in [4.78, 5) is -0.0166. The van der Waals surface area contributed by atoms with Gasteiger partial charge >= 0.3 is 0 Å². The van der Waals surface area contributed by atoms with Crippen molar-refractivity contribution < 1.29 is 13.5 Å². The fraction of sp³-hybridized carbons (Fsp3) is 0.455. The summed E-state index contributed by atoms with van der Waals surface area (Å²) in [6, 6.07) is 2.68. The number of sulfonamides is 1. The highest BCUT2D eigenvalue weighted by molar-refractivity contribution is 7.89. The van der Waals surface area contributed by atoms with E-state index in [0.717, 1.165) is 0 Å². The van der Waals surface area contributed by atoms with Crippen LogP contribution in [0.25, 0.3) is 0 Å². The summed E-state index contributed by atoms with van der Waals surface area (Å²) >= 11 is 5.91. The third-order valence-corrected chi connectivity index (χ3v) is 4.54. The van der Waals surface area contributed by atoms with Gasteiger partial charge in [0.05, 0.1) is 17.0 Å². The Bertz CT molecular complexity index is 532. The lowest BCUT2D eigenvalue weighted by Gasteiger charge is -2.23. The molecule has 0 aliphatic rings. The second-order valence-electron chi connectivity index (χ2n) is 4.77. The summed E-state index contributed by atoms with van der Waals surface area (Å²) in [6.07, 6.45) is 0. The second-order valence-corrected chi connectivity index (χ2v) is 6.86. The summed E-state index contributed by atoms with van der Waals surface area (Å²) in [5.74, 6) is 0. The number of nitrogen functional groups attached to an aromatic ring is 1. The predicted molar refractivity (Wildman–Crippen MR) is 72.1 cm³/mol. The number of hydrogen-bond acceptors (Lipinski definition) is 4. The molecule has 0 bridgehead atoms. The standard InChI is InChI=1S/C11H17ClN2O3S/c1-7-9(12)4-8(5-10(7)13)18(16,17)14-11(2,3)6-15/h4-5,14-15H,6,13H2,1-3H3. The molecule has 0 aliphatic heterocycles. The first kappa shape index (κ1) is 15.2. The third kappa shape index (κ3) is 3.35. The lowest BCUT2D eigenvalue weighted by molar-refractivity contribution is 0.208. The first-order valence-electron chi connectivity index (χ1n) is 5.29. The van der Waals surface area contributed by atoms with Gasteiger partial charge in [-0.3, -0.25) is 0 Å². The van der Waals surface area contributed by atoms with Crippen LogP contribution in [-0.4, -0.2) is 25.7 Å². The highest BCUT2D eigenvalue weighted by atomic mass is 35.5. The Morgan fingerprint density at radius 3 is 2.44 bits per heavy atom. The smallest absolute Gasteiger partial charge is 0.241 e. The normalized spacial score (nSPS) is 12.7. The van der Waals surface area contributed by atoms with Gasteiger partial charge in [0.1, 0.15) is 0 Å².